The molecule has 32 heavy (non-hydrogen) atoms. The first-order valence-corrected chi connectivity index (χ1v) is 11.3. The molecule has 4 rings (SSSR count). The van der Waals surface area contributed by atoms with Gasteiger partial charge < -0.3 is 9.47 Å². The summed E-state index contributed by atoms with van der Waals surface area (Å²) in [5.41, 5.74) is 0.918. The molecule has 10 heteroatoms. The molecule has 1 aromatic heterocycles. The van der Waals surface area contributed by atoms with Gasteiger partial charge in [-0.15, -0.1) is 0 Å². The third-order valence-corrected chi connectivity index (χ3v) is 6.22. The van der Waals surface area contributed by atoms with Gasteiger partial charge in [-0.1, -0.05) is 17.4 Å². The Kier molecular flexibility index (Phi) is 6.93. The van der Waals surface area contributed by atoms with Crippen molar-refractivity contribution in [2.45, 2.75) is 6.92 Å². The van der Waals surface area contributed by atoms with Crippen molar-refractivity contribution in [3.63, 3.8) is 0 Å². The molecule has 168 valence electrons. The number of nitro groups is 1. The SMILES string of the molecule is CCOc1ccc2nc(N(CCN3CCOCC3)C(=O)c3cccc([N+](=O)[O-])c3)sc2c1. The van der Waals surface area contributed by atoms with Crippen LogP contribution >= 0.6 is 11.3 Å². The van der Waals surface area contributed by atoms with Crippen LogP contribution in [0.3, 0.4) is 0 Å². The minimum absolute atomic E-state index is 0.116. The maximum Gasteiger partial charge on any atom is 0.270 e. The molecule has 1 aliphatic heterocycles. The summed E-state index contributed by atoms with van der Waals surface area (Å²) in [4.78, 5) is 32.7. The Bertz CT molecular complexity index is 1110. The smallest absolute Gasteiger partial charge is 0.270 e. The molecule has 1 fully saturated rings. The standard InChI is InChI=1S/C22H24N4O5S/c1-2-31-18-6-7-19-20(15-18)32-22(23-19)25(9-8-24-10-12-30-13-11-24)21(27)16-4-3-5-17(14-16)26(28)29/h3-7,14-15H,2,8-13H2,1H3. The monoisotopic (exact) mass is 456 g/mol. The van der Waals surface area contributed by atoms with Crippen molar-refractivity contribution < 1.29 is 19.2 Å². The Morgan fingerprint density at radius 3 is 2.84 bits per heavy atom. The van der Waals surface area contributed by atoms with E-state index in [1.165, 1.54) is 29.5 Å². The summed E-state index contributed by atoms with van der Waals surface area (Å²) in [5, 5.41) is 11.7. The van der Waals surface area contributed by atoms with Crippen LogP contribution in [0.1, 0.15) is 17.3 Å². The minimum Gasteiger partial charge on any atom is -0.494 e. The lowest BCUT2D eigenvalue weighted by atomic mass is 10.2. The highest BCUT2D eigenvalue weighted by atomic mass is 32.1. The Morgan fingerprint density at radius 2 is 2.09 bits per heavy atom. The lowest BCUT2D eigenvalue weighted by Crippen LogP contribution is -2.43. The van der Waals surface area contributed by atoms with Crippen molar-refractivity contribution >= 4 is 38.3 Å². The molecule has 3 aromatic rings. The van der Waals surface area contributed by atoms with Crippen LogP contribution in [0.4, 0.5) is 10.8 Å². The van der Waals surface area contributed by atoms with Crippen molar-refractivity contribution in [1.82, 2.24) is 9.88 Å². The fraction of sp³-hybridized carbons (Fsp3) is 0.364. The number of rotatable bonds is 8. The van der Waals surface area contributed by atoms with Crippen molar-refractivity contribution in [2.24, 2.45) is 0 Å². The highest BCUT2D eigenvalue weighted by Crippen LogP contribution is 2.32. The van der Waals surface area contributed by atoms with E-state index in [2.05, 4.69) is 9.88 Å². The zero-order chi connectivity index (χ0) is 22.5. The summed E-state index contributed by atoms with van der Waals surface area (Å²) in [7, 11) is 0. The molecule has 1 amide bonds. The van der Waals surface area contributed by atoms with E-state index in [4.69, 9.17) is 9.47 Å². The maximum atomic E-state index is 13.4. The molecule has 2 heterocycles. The highest BCUT2D eigenvalue weighted by Gasteiger charge is 2.24. The Morgan fingerprint density at radius 1 is 1.28 bits per heavy atom. The van der Waals surface area contributed by atoms with Gasteiger partial charge in [-0.3, -0.25) is 24.7 Å². The fourth-order valence-corrected chi connectivity index (χ4v) is 4.54. The number of amides is 1. The van der Waals surface area contributed by atoms with Gasteiger partial charge in [0.05, 0.1) is 35.0 Å². The van der Waals surface area contributed by atoms with E-state index in [1.807, 2.05) is 25.1 Å². The second-order valence-electron chi connectivity index (χ2n) is 7.28. The summed E-state index contributed by atoms with van der Waals surface area (Å²) in [6, 6.07) is 11.5. The quantitative estimate of drug-likeness (QED) is 0.377. The summed E-state index contributed by atoms with van der Waals surface area (Å²) in [5.74, 6) is 0.436. The van der Waals surface area contributed by atoms with Gasteiger partial charge in [0.1, 0.15) is 5.75 Å². The van der Waals surface area contributed by atoms with E-state index in [-0.39, 0.29) is 17.2 Å². The normalized spacial score (nSPS) is 14.4. The van der Waals surface area contributed by atoms with Crippen LogP contribution in [-0.4, -0.2) is 66.7 Å². The van der Waals surface area contributed by atoms with E-state index in [0.29, 0.717) is 38.0 Å². The number of hydrogen-bond donors (Lipinski definition) is 0. The third-order valence-electron chi connectivity index (χ3n) is 5.18. The lowest BCUT2D eigenvalue weighted by molar-refractivity contribution is -0.384. The molecule has 0 radical (unpaired) electrons. The molecule has 2 aromatic carbocycles. The molecular weight excluding hydrogens is 432 g/mol. The largest absolute Gasteiger partial charge is 0.494 e. The molecule has 0 atom stereocenters. The summed E-state index contributed by atoms with van der Waals surface area (Å²) >= 11 is 1.40. The molecule has 0 spiro atoms. The number of aromatic nitrogens is 1. The van der Waals surface area contributed by atoms with Gasteiger partial charge >= 0.3 is 0 Å². The van der Waals surface area contributed by atoms with E-state index in [1.54, 1.807) is 11.0 Å². The van der Waals surface area contributed by atoms with Crippen LogP contribution in [0.5, 0.6) is 5.75 Å². The lowest BCUT2D eigenvalue weighted by Gasteiger charge is -2.29. The number of nitro benzene ring substituents is 1. The second kappa shape index (κ2) is 10.0. The van der Waals surface area contributed by atoms with Crippen LogP contribution in [-0.2, 0) is 4.74 Å². The summed E-state index contributed by atoms with van der Waals surface area (Å²) < 4.78 is 11.9. The average molecular weight is 457 g/mol. The van der Waals surface area contributed by atoms with Gasteiger partial charge in [0, 0.05) is 43.9 Å². The van der Waals surface area contributed by atoms with Crippen LogP contribution in [0, 0.1) is 10.1 Å². The summed E-state index contributed by atoms with van der Waals surface area (Å²) in [6.07, 6.45) is 0. The summed E-state index contributed by atoms with van der Waals surface area (Å²) in [6.45, 7) is 6.50. The molecular formula is C22H24N4O5S. The zero-order valence-electron chi connectivity index (χ0n) is 17.7. The molecule has 0 aliphatic carbocycles. The predicted octanol–water partition coefficient (Wildman–Crippen LogP) is 3.58. The van der Waals surface area contributed by atoms with Crippen molar-refractivity contribution in [1.29, 1.82) is 0 Å². The Labute approximate surface area is 189 Å². The van der Waals surface area contributed by atoms with Crippen LogP contribution in [0.2, 0.25) is 0 Å². The van der Waals surface area contributed by atoms with E-state index < -0.39 is 4.92 Å². The molecule has 1 aliphatic rings. The van der Waals surface area contributed by atoms with E-state index >= 15 is 0 Å². The van der Waals surface area contributed by atoms with Crippen molar-refractivity contribution in [3.05, 3.63) is 58.1 Å². The van der Waals surface area contributed by atoms with E-state index in [0.717, 1.165) is 29.1 Å². The molecule has 1 saturated heterocycles. The number of anilines is 1. The van der Waals surface area contributed by atoms with Crippen molar-refractivity contribution in [3.8, 4) is 5.75 Å². The van der Waals surface area contributed by atoms with Crippen LogP contribution in [0.25, 0.3) is 10.2 Å². The Hall–Kier alpha value is -3.08. The average Bonchev–Trinajstić information content (AvgIpc) is 3.23. The van der Waals surface area contributed by atoms with Gasteiger partial charge in [0.2, 0.25) is 0 Å². The minimum atomic E-state index is -0.498. The number of carbonyl (C=O) groups excluding carboxylic acids is 1. The molecule has 0 unspecified atom stereocenters. The van der Waals surface area contributed by atoms with Crippen LogP contribution < -0.4 is 9.64 Å². The molecule has 9 nitrogen and oxygen atoms in total. The van der Waals surface area contributed by atoms with E-state index in [9.17, 15) is 14.9 Å². The number of hydrogen-bond acceptors (Lipinski definition) is 8. The first-order chi connectivity index (χ1) is 15.5. The predicted molar refractivity (Wildman–Crippen MR) is 123 cm³/mol. The molecule has 0 bridgehead atoms. The highest BCUT2D eigenvalue weighted by molar-refractivity contribution is 7.22. The Balaban J connectivity index is 1.65. The third kappa shape index (κ3) is 5.04. The first kappa shape index (κ1) is 22.1. The van der Waals surface area contributed by atoms with Gasteiger partial charge in [0.25, 0.3) is 11.6 Å². The molecule has 0 saturated carbocycles. The number of morpholine rings is 1. The topological polar surface area (TPSA) is 98.0 Å². The van der Waals surface area contributed by atoms with Crippen LogP contribution in [0.15, 0.2) is 42.5 Å². The number of nitrogens with zero attached hydrogens (tertiary/aromatic N) is 4. The van der Waals surface area contributed by atoms with Gasteiger partial charge in [0.15, 0.2) is 5.13 Å². The number of thiazole rings is 1. The first-order valence-electron chi connectivity index (χ1n) is 10.4. The van der Waals surface area contributed by atoms with Crippen molar-refractivity contribution in [2.75, 3.05) is 50.9 Å². The number of carbonyl (C=O) groups is 1. The van der Waals surface area contributed by atoms with Gasteiger partial charge in [-0.2, -0.15) is 0 Å². The van der Waals surface area contributed by atoms with Gasteiger partial charge in [-0.25, -0.2) is 4.98 Å². The van der Waals surface area contributed by atoms with Gasteiger partial charge in [-0.05, 0) is 31.2 Å². The number of non-ortho nitro benzene ring substituents is 1. The maximum absolute atomic E-state index is 13.4. The zero-order valence-corrected chi connectivity index (χ0v) is 18.5. The fourth-order valence-electron chi connectivity index (χ4n) is 3.52. The number of benzene rings is 2. The molecule has 0 N–H and O–H groups in total. The second-order valence-corrected chi connectivity index (χ2v) is 8.29. The number of ether oxygens (including phenoxy) is 2. The number of fused-ring (bicyclic) bond motifs is 1.